The van der Waals surface area contributed by atoms with Crippen molar-refractivity contribution >= 4 is 26.6 Å². The fourth-order valence-corrected chi connectivity index (χ4v) is 4.84. The van der Waals surface area contributed by atoms with Crippen LogP contribution in [0.3, 0.4) is 0 Å². The molecule has 0 aliphatic carbocycles. The molecule has 2 amide bonds. The second-order valence-corrected chi connectivity index (χ2v) is 14.5. The van der Waals surface area contributed by atoms with Crippen LogP contribution in [0.2, 0.25) is 18.1 Å². The molecule has 1 aromatic carbocycles. The van der Waals surface area contributed by atoms with Crippen molar-refractivity contribution < 1.29 is 23.5 Å². The van der Waals surface area contributed by atoms with Gasteiger partial charge in [0.15, 0.2) is 8.32 Å². The molecule has 1 heterocycles. The molecule has 166 valence electrons. The van der Waals surface area contributed by atoms with E-state index in [0.717, 1.165) is 11.8 Å². The SMILES string of the molecule is C[C@H](C(=O)N1C(=O)OC[C@@H]1Cc1ccccc1)[C@H](O[Si](C)(C)C(C)(C)C)[C@@H](C)C=O. The van der Waals surface area contributed by atoms with Gasteiger partial charge in [0.25, 0.3) is 0 Å². The second kappa shape index (κ2) is 9.43. The minimum Gasteiger partial charge on any atom is -0.447 e. The highest BCUT2D eigenvalue weighted by Gasteiger charge is 2.46. The van der Waals surface area contributed by atoms with Crippen LogP contribution in [0.4, 0.5) is 4.79 Å². The molecule has 0 aromatic heterocycles. The Hall–Kier alpha value is -1.99. The Morgan fingerprint density at radius 3 is 2.40 bits per heavy atom. The zero-order valence-electron chi connectivity index (χ0n) is 19.2. The number of carbonyl (C=O) groups is 3. The molecule has 30 heavy (non-hydrogen) atoms. The summed E-state index contributed by atoms with van der Waals surface area (Å²) < 4.78 is 11.7. The number of ether oxygens (including phenoxy) is 1. The monoisotopic (exact) mass is 433 g/mol. The third-order valence-electron chi connectivity index (χ3n) is 6.36. The lowest BCUT2D eigenvalue weighted by atomic mass is 9.92. The molecule has 7 heteroatoms. The van der Waals surface area contributed by atoms with Crippen molar-refractivity contribution in [3.05, 3.63) is 35.9 Å². The van der Waals surface area contributed by atoms with Crippen LogP contribution >= 0.6 is 0 Å². The minimum absolute atomic E-state index is 0.0704. The first-order valence-corrected chi connectivity index (χ1v) is 13.5. The molecule has 0 radical (unpaired) electrons. The molecule has 2 rings (SSSR count). The van der Waals surface area contributed by atoms with Crippen LogP contribution in [0.5, 0.6) is 0 Å². The molecule has 0 saturated carbocycles. The first kappa shape index (κ1) is 24.3. The predicted octanol–water partition coefficient (Wildman–Crippen LogP) is 4.44. The molecule has 0 bridgehead atoms. The van der Waals surface area contributed by atoms with Crippen LogP contribution in [-0.2, 0) is 25.2 Å². The zero-order chi connectivity index (χ0) is 22.7. The van der Waals surface area contributed by atoms with E-state index in [1.165, 1.54) is 4.90 Å². The van der Waals surface area contributed by atoms with E-state index in [2.05, 4.69) is 33.9 Å². The van der Waals surface area contributed by atoms with Gasteiger partial charge >= 0.3 is 6.09 Å². The lowest BCUT2D eigenvalue weighted by molar-refractivity contribution is -0.137. The van der Waals surface area contributed by atoms with Crippen molar-refractivity contribution in [1.29, 1.82) is 0 Å². The van der Waals surface area contributed by atoms with Crippen LogP contribution in [-0.4, -0.2) is 50.3 Å². The predicted molar refractivity (Wildman–Crippen MR) is 119 cm³/mol. The lowest BCUT2D eigenvalue weighted by Gasteiger charge is -2.42. The first-order chi connectivity index (χ1) is 13.9. The number of hydrogen-bond acceptors (Lipinski definition) is 5. The molecule has 0 unspecified atom stereocenters. The summed E-state index contributed by atoms with van der Waals surface area (Å²) >= 11 is 0. The van der Waals surface area contributed by atoms with Crippen LogP contribution < -0.4 is 0 Å². The molecule has 1 aliphatic rings. The molecule has 1 fully saturated rings. The average molecular weight is 434 g/mol. The number of imide groups is 1. The van der Waals surface area contributed by atoms with E-state index in [0.29, 0.717) is 6.42 Å². The Morgan fingerprint density at radius 1 is 1.27 bits per heavy atom. The summed E-state index contributed by atoms with van der Waals surface area (Å²) in [5, 5.41) is -0.0704. The van der Waals surface area contributed by atoms with E-state index >= 15 is 0 Å². The number of benzene rings is 1. The fraction of sp³-hybridized carbons (Fsp3) is 0.609. The van der Waals surface area contributed by atoms with E-state index in [-0.39, 0.29) is 23.6 Å². The summed E-state index contributed by atoms with van der Waals surface area (Å²) in [7, 11) is -2.24. The second-order valence-electron chi connectivity index (χ2n) is 9.76. The highest BCUT2D eigenvalue weighted by atomic mass is 28.4. The van der Waals surface area contributed by atoms with E-state index in [9.17, 15) is 14.4 Å². The van der Waals surface area contributed by atoms with Gasteiger partial charge in [-0.15, -0.1) is 0 Å². The maximum Gasteiger partial charge on any atom is 0.416 e. The number of aldehydes is 1. The minimum atomic E-state index is -2.24. The van der Waals surface area contributed by atoms with Gasteiger partial charge in [-0.25, -0.2) is 9.69 Å². The van der Waals surface area contributed by atoms with Gasteiger partial charge in [-0.1, -0.05) is 65.0 Å². The molecule has 4 atom stereocenters. The summed E-state index contributed by atoms with van der Waals surface area (Å²) in [5.74, 6) is -1.47. The summed E-state index contributed by atoms with van der Waals surface area (Å²) in [6.45, 7) is 14.2. The molecule has 1 saturated heterocycles. The van der Waals surface area contributed by atoms with Gasteiger partial charge in [0.05, 0.1) is 18.1 Å². The van der Waals surface area contributed by atoms with E-state index in [1.807, 2.05) is 30.3 Å². The molecule has 0 spiro atoms. The van der Waals surface area contributed by atoms with Crippen molar-refractivity contribution in [2.24, 2.45) is 11.8 Å². The molecule has 0 N–H and O–H groups in total. The van der Waals surface area contributed by atoms with Gasteiger partial charge in [0, 0.05) is 5.92 Å². The van der Waals surface area contributed by atoms with Gasteiger partial charge < -0.3 is 14.0 Å². The van der Waals surface area contributed by atoms with Crippen molar-refractivity contribution in [1.82, 2.24) is 4.90 Å². The molecule has 1 aromatic rings. The quantitative estimate of drug-likeness (QED) is 0.448. The summed E-state index contributed by atoms with van der Waals surface area (Å²) in [6.07, 6.45) is 0.132. The van der Waals surface area contributed by atoms with Crippen LogP contribution in [0, 0.1) is 11.8 Å². The summed E-state index contributed by atoms with van der Waals surface area (Å²) in [4.78, 5) is 38.6. The van der Waals surface area contributed by atoms with Crippen LogP contribution in [0.1, 0.15) is 40.2 Å². The van der Waals surface area contributed by atoms with Gasteiger partial charge in [-0.05, 0) is 30.1 Å². The van der Waals surface area contributed by atoms with E-state index in [4.69, 9.17) is 9.16 Å². The number of cyclic esters (lactones) is 1. The fourth-order valence-electron chi connectivity index (χ4n) is 3.39. The highest BCUT2D eigenvalue weighted by molar-refractivity contribution is 6.74. The molecular formula is C23H35NO5Si. The molecule has 6 nitrogen and oxygen atoms in total. The maximum atomic E-state index is 13.4. The summed E-state index contributed by atoms with van der Waals surface area (Å²) in [6, 6.07) is 9.34. The normalized spacial score (nSPS) is 20.4. The maximum absolute atomic E-state index is 13.4. The van der Waals surface area contributed by atoms with Gasteiger partial charge in [0.2, 0.25) is 5.91 Å². The topological polar surface area (TPSA) is 72.9 Å². The Bertz CT molecular complexity index is 759. The average Bonchev–Trinajstić information content (AvgIpc) is 3.04. The van der Waals surface area contributed by atoms with Crippen LogP contribution in [0.25, 0.3) is 0 Å². The van der Waals surface area contributed by atoms with Gasteiger partial charge in [-0.3, -0.25) is 4.79 Å². The standard InChI is InChI=1S/C23H35NO5Si/c1-16(14-25)20(29-30(6,7)23(3,4)5)17(2)21(26)24-19(15-28-22(24)27)13-18-11-9-8-10-12-18/h8-12,14,16-17,19-20H,13,15H2,1-7H3/t16-,17-,19-,20+/m0/s1. The number of hydrogen-bond donors (Lipinski definition) is 0. The van der Waals surface area contributed by atoms with E-state index in [1.54, 1.807) is 13.8 Å². The van der Waals surface area contributed by atoms with Crippen molar-refractivity contribution in [2.75, 3.05) is 6.61 Å². The molecule has 1 aliphatic heterocycles. The Labute approximate surface area is 181 Å². The van der Waals surface area contributed by atoms with Crippen molar-refractivity contribution in [3.63, 3.8) is 0 Å². The number of amides is 2. The zero-order valence-corrected chi connectivity index (χ0v) is 20.2. The smallest absolute Gasteiger partial charge is 0.416 e. The van der Waals surface area contributed by atoms with Gasteiger partial charge in [-0.2, -0.15) is 0 Å². The third-order valence-corrected chi connectivity index (χ3v) is 10.8. The third kappa shape index (κ3) is 5.37. The Morgan fingerprint density at radius 2 is 1.87 bits per heavy atom. The van der Waals surface area contributed by atoms with E-state index < -0.39 is 32.4 Å². The summed E-state index contributed by atoms with van der Waals surface area (Å²) in [5.41, 5.74) is 1.03. The number of rotatable bonds is 8. The number of nitrogens with zero attached hydrogens (tertiary/aromatic N) is 1. The van der Waals surface area contributed by atoms with Crippen molar-refractivity contribution in [2.45, 2.75) is 71.3 Å². The first-order valence-electron chi connectivity index (χ1n) is 10.6. The largest absolute Gasteiger partial charge is 0.447 e. The Kier molecular flexibility index (Phi) is 7.63. The number of carbonyl (C=O) groups excluding carboxylic acids is 3. The Balaban J connectivity index is 2.25. The molecular weight excluding hydrogens is 398 g/mol. The highest BCUT2D eigenvalue weighted by Crippen LogP contribution is 2.39. The van der Waals surface area contributed by atoms with Crippen LogP contribution in [0.15, 0.2) is 30.3 Å². The van der Waals surface area contributed by atoms with Crippen molar-refractivity contribution in [3.8, 4) is 0 Å². The van der Waals surface area contributed by atoms with Gasteiger partial charge in [0.1, 0.15) is 12.9 Å². The lowest BCUT2D eigenvalue weighted by Crippen LogP contribution is -2.52.